The van der Waals surface area contributed by atoms with Crippen LogP contribution in [0.4, 0.5) is 4.39 Å². The fraction of sp³-hybridized carbons (Fsp3) is 0.385. The van der Waals surface area contributed by atoms with Gasteiger partial charge < -0.3 is 10.1 Å². The molecule has 1 rings (SSSR count). The zero-order chi connectivity index (χ0) is 14.6. The topological polar surface area (TPSA) is 55.4 Å². The quantitative estimate of drug-likeness (QED) is 0.862. The van der Waals surface area contributed by atoms with E-state index in [9.17, 15) is 14.0 Å². The summed E-state index contributed by atoms with van der Waals surface area (Å²) in [6.45, 7) is 3.53. The second-order valence-corrected chi connectivity index (χ2v) is 5.26. The highest BCUT2D eigenvalue weighted by Gasteiger charge is 2.26. The molecule has 1 N–H and O–H groups in total. The van der Waals surface area contributed by atoms with Crippen molar-refractivity contribution in [3.05, 3.63) is 34.1 Å². The smallest absolute Gasteiger partial charge is 0.328 e. The molecular weight excluding hydrogens is 317 g/mol. The fourth-order valence-corrected chi connectivity index (χ4v) is 1.88. The van der Waals surface area contributed by atoms with E-state index in [0.717, 1.165) is 0 Å². The molecule has 0 spiro atoms. The molecule has 0 saturated carbocycles. The van der Waals surface area contributed by atoms with Gasteiger partial charge in [0, 0.05) is 4.47 Å². The predicted molar refractivity (Wildman–Crippen MR) is 72.2 cm³/mol. The van der Waals surface area contributed by atoms with Crippen molar-refractivity contribution in [1.82, 2.24) is 5.32 Å². The van der Waals surface area contributed by atoms with Crippen LogP contribution in [0.5, 0.6) is 0 Å². The number of carbonyl (C=O) groups excluding carboxylic acids is 2. The number of carbonyl (C=O) groups is 2. The van der Waals surface area contributed by atoms with Crippen molar-refractivity contribution >= 4 is 27.8 Å². The summed E-state index contributed by atoms with van der Waals surface area (Å²) < 4.78 is 18.7. The third-order valence-electron chi connectivity index (χ3n) is 2.58. The number of ether oxygens (including phenoxy) is 1. The molecule has 1 aromatic carbocycles. The molecule has 6 heteroatoms. The van der Waals surface area contributed by atoms with E-state index in [2.05, 4.69) is 26.0 Å². The maximum absolute atomic E-state index is 13.6. The molecule has 1 atom stereocenters. The van der Waals surface area contributed by atoms with Crippen molar-refractivity contribution in [2.75, 3.05) is 7.11 Å². The molecule has 0 unspecified atom stereocenters. The summed E-state index contributed by atoms with van der Waals surface area (Å²) in [4.78, 5) is 23.5. The van der Waals surface area contributed by atoms with E-state index in [0.29, 0.717) is 4.47 Å². The molecule has 0 bridgehead atoms. The van der Waals surface area contributed by atoms with Gasteiger partial charge in [-0.15, -0.1) is 0 Å². The first kappa shape index (κ1) is 15.6. The largest absolute Gasteiger partial charge is 0.467 e. The van der Waals surface area contributed by atoms with Crippen molar-refractivity contribution < 1.29 is 18.7 Å². The van der Waals surface area contributed by atoms with E-state index in [4.69, 9.17) is 0 Å². The number of hydrogen-bond acceptors (Lipinski definition) is 3. The molecule has 1 aromatic rings. The van der Waals surface area contributed by atoms with Crippen LogP contribution >= 0.6 is 15.9 Å². The van der Waals surface area contributed by atoms with Crippen molar-refractivity contribution in [3.8, 4) is 0 Å². The van der Waals surface area contributed by atoms with E-state index < -0.39 is 23.7 Å². The number of amides is 1. The minimum atomic E-state index is -0.809. The normalized spacial score (nSPS) is 12.1. The van der Waals surface area contributed by atoms with E-state index in [1.165, 1.54) is 25.3 Å². The van der Waals surface area contributed by atoms with Crippen LogP contribution < -0.4 is 5.32 Å². The number of hydrogen-bond donors (Lipinski definition) is 1. The Balaban J connectivity index is 2.94. The molecule has 0 aliphatic heterocycles. The zero-order valence-corrected chi connectivity index (χ0v) is 12.5. The minimum Gasteiger partial charge on any atom is -0.467 e. The lowest BCUT2D eigenvalue weighted by atomic mass is 10.0. The first-order chi connectivity index (χ1) is 8.86. The van der Waals surface area contributed by atoms with Crippen molar-refractivity contribution in [1.29, 1.82) is 0 Å². The molecule has 0 aliphatic carbocycles. The average molecular weight is 332 g/mol. The third kappa shape index (κ3) is 4.02. The van der Waals surface area contributed by atoms with Gasteiger partial charge in [0.1, 0.15) is 11.9 Å². The fourth-order valence-electron chi connectivity index (χ4n) is 1.52. The number of methoxy groups -OCH3 is 1. The molecule has 0 radical (unpaired) electrons. The van der Waals surface area contributed by atoms with E-state index >= 15 is 0 Å². The van der Waals surface area contributed by atoms with Crippen LogP contribution in [-0.4, -0.2) is 25.0 Å². The summed E-state index contributed by atoms with van der Waals surface area (Å²) in [5.41, 5.74) is -0.121. The maximum Gasteiger partial charge on any atom is 0.328 e. The van der Waals surface area contributed by atoms with Gasteiger partial charge in [0.2, 0.25) is 0 Å². The predicted octanol–water partition coefficient (Wildman–Crippen LogP) is 2.52. The maximum atomic E-state index is 13.6. The van der Waals surface area contributed by atoms with Crippen LogP contribution in [-0.2, 0) is 9.53 Å². The summed E-state index contributed by atoms with van der Waals surface area (Å²) in [6, 6.07) is 3.23. The van der Waals surface area contributed by atoms with Gasteiger partial charge in [-0.3, -0.25) is 4.79 Å². The average Bonchev–Trinajstić information content (AvgIpc) is 2.37. The van der Waals surface area contributed by atoms with Crippen molar-refractivity contribution in [2.45, 2.75) is 19.9 Å². The Bertz CT molecular complexity index is 491. The molecule has 0 aromatic heterocycles. The van der Waals surface area contributed by atoms with Crippen LogP contribution in [0.3, 0.4) is 0 Å². The van der Waals surface area contributed by atoms with E-state index in [-0.39, 0.29) is 11.5 Å². The number of benzene rings is 1. The summed E-state index contributed by atoms with van der Waals surface area (Å²) in [6.07, 6.45) is 0. The van der Waals surface area contributed by atoms with E-state index in [1.807, 2.05) is 0 Å². The molecule has 0 heterocycles. The lowest BCUT2D eigenvalue weighted by Crippen LogP contribution is -2.45. The Morgan fingerprint density at radius 3 is 2.53 bits per heavy atom. The monoisotopic (exact) mass is 331 g/mol. The standard InChI is InChI=1S/C13H15BrFNO3/c1-7(2)11(13(18)19-3)16-12(17)9-6-8(14)4-5-10(9)15/h4-7,11H,1-3H3,(H,16,17)/t11-/m1/s1. The van der Waals surface area contributed by atoms with Gasteiger partial charge in [-0.05, 0) is 24.1 Å². The van der Waals surface area contributed by atoms with Gasteiger partial charge in [0.05, 0.1) is 12.7 Å². The van der Waals surface area contributed by atoms with Crippen molar-refractivity contribution in [3.63, 3.8) is 0 Å². The second kappa shape index (κ2) is 6.65. The Labute approximate surface area is 119 Å². The molecule has 0 saturated heterocycles. The summed E-state index contributed by atoms with van der Waals surface area (Å²) in [5.74, 6) is -2.01. The van der Waals surface area contributed by atoms with E-state index in [1.54, 1.807) is 13.8 Å². The van der Waals surface area contributed by atoms with Crippen LogP contribution in [0.15, 0.2) is 22.7 Å². The van der Waals surface area contributed by atoms with Gasteiger partial charge in [-0.25, -0.2) is 9.18 Å². The summed E-state index contributed by atoms with van der Waals surface area (Å²) in [7, 11) is 1.24. The molecule has 104 valence electrons. The lowest BCUT2D eigenvalue weighted by Gasteiger charge is -2.19. The lowest BCUT2D eigenvalue weighted by molar-refractivity contribution is -0.144. The van der Waals surface area contributed by atoms with Crippen LogP contribution in [0, 0.1) is 11.7 Å². The number of rotatable bonds is 4. The number of halogens is 2. The molecule has 1 amide bonds. The van der Waals surface area contributed by atoms with Gasteiger partial charge in [-0.2, -0.15) is 0 Å². The molecule has 4 nitrogen and oxygen atoms in total. The SMILES string of the molecule is COC(=O)[C@H](NC(=O)c1cc(Br)ccc1F)C(C)C. The van der Waals surface area contributed by atoms with Gasteiger partial charge in [0.25, 0.3) is 5.91 Å². The Morgan fingerprint density at radius 1 is 1.37 bits per heavy atom. The third-order valence-corrected chi connectivity index (χ3v) is 3.07. The first-order valence-electron chi connectivity index (χ1n) is 5.70. The van der Waals surface area contributed by atoms with Crippen LogP contribution in [0.2, 0.25) is 0 Å². The molecule has 19 heavy (non-hydrogen) atoms. The molecule has 0 fully saturated rings. The van der Waals surface area contributed by atoms with Crippen molar-refractivity contribution in [2.24, 2.45) is 5.92 Å². The minimum absolute atomic E-state index is 0.121. The highest BCUT2D eigenvalue weighted by Crippen LogP contribution is 2.16. The summed E-state index contributed by atoms with van der Waals surface area (Å²) in [5, 5.41) is 2.48. The Morgan fingerprint density at radius 2 is 2.00 bits per heavy atom. The summed E-state index contributed by atoms with van der Waals surface area (Å²) >= 11 is 3.16. The van der Waals surface area contributed by atoms with Crippen LogP contribution in [0.1, 0.15) is 24.2 Å². The molecule has 0 aliphatic rings. The highest BCUT2D eigenvalue weighted by molar-refractivity contribution is 9.10. The zero-order valence-electron chi connectivity index (χ0n) is 10.9. The Hall–Kier alpha value is -1.43. The first-order valence-corrected chi connectivity index (χ1v) is 6.50. The van der Waals surface area contributed by atoms with Gasteiger partial charge in [-0.1, -0.05) is 29.8 Å². The van der Waals surface area contributed by atoms with Gasteiger partial charge in [0.15, 0.2) is 0 Å². The number of nitrogens with one attached hydrogen (secondary N) is 1. The highest BCUT2D eigenvalue weighted by atomic mass is 79.9. The number of esters is 1. The molecular formula is C13H15BrFNO3. The van der Waals surface area contributed by atoms with Crippen LogP contribution in [0.25, 0.3) is 0 Å². The Kier molecular flexibility index (Phi) is 5.47. The second-order valence-electron chi connectivity index (χ2n) is 4.34. The van der Waals surface area contributed by atoms with Gasteiger partial charge >= 0.3 is 5.97 Å².